The van der Waals surface area contributed by atoms with Gasteiger partial charge in [-0.25, -0.2) is 0 Å². The predicted molar refractivity (Wildman–Crippen MR) is 86.6 cm³/mol. The maximum Gasteiger partial charge on any atom is 0.280 e. The molecule has 23 heavy (non-hydrogen) atoms. The van der Waals surface area contributed by atoms with Crippen LogP contribution in [0.25, 0.3) is 0 Å². The van der Waals surface area contributed by atoms with Gasteiger partial charge in [-0.3, -0.25) is 19.7 Å². The second-order valence-electron chi connectivity index (χ2n) is 6.09. The lowest BCUT2D eigenvalue weighted by atomic mass is 9.87. The highest BCUT2D eigenvalue weighted by Gasteiger charge is 2.20. The van der Waals surface area contributed by atoms with Crippen LogP contribution in [-0.4, -0.2) is 23.2 Å². The van der Waals surface area contributed by atoms with Gasteiger partial charge >= 0.3 is 0 Å². The number of rotatable bonds is 6. The molecule has 1 aliphatic rings. The van der Waals surface area contributed by atoms with Crippen LogP contribution in [0.4, 0.5) is 5.69 Å². The van der Waals surface area contributed by atoms with Gasteiger partial charge < -0.3 is 5.32 Å². The molecular formula is C17H22N2O4. The number of ketones is 1. The number of carbonyl (C=O) groups is 2. The van der Waals surface area contributed by atoms with Crippen molar-refractivity contribution in [3.05, 3.63) is 39.4 Å². The lowest BCUT2D eigenvalue weighted by Crippen LogP contribution is -2.26. The van der Waals surface area contributed by atoms with Crippen molar-refractivity contribution in [1.29, 1.82) is 0 Å². The molecule has 0 heterocycles. The highest BCUT2D eigenvalue weighted by atomic mass is 16.6. The van der Waals surface area contributed by atoms with Gasteiger partial charge in [-0.1, -0.05) is 32.1 Å². The molecule has 0 atom stereocenters. The minimum absolute atomic E-state index is 0.0220. The second-order valence-corrected chi connectivity index (χ2v) is 6.09. The number of benzene rings is 1. The summed E-state index contributed by atoms with van der Waals surface area (Å²) in [6.45, 7) is 1.85. The van der Waals surface area contributed by atoms with Gasteiger partial charge in [-0.2, -0.15) is 0 Å². The van der Waals surface area contributed by atoms with Crippen molar-refractivity contribution in [3.63, 3.8) is 0 Å². The Bertz CT molecular complexity index is 607. The zero-order valence-corrected chi connectivity index (χ0v) is 13.3. The van der Waals surface area contributed by atoms with E-state index in [1.54, 1.807) is 0 Å². The topological polar surface area (TPSA) is 89.3 Å². The highest BCUT2D eigenvalue weighted by Crippen LogP contribution is 2.26. The van der Waals surface area contributed by atoms with Crippen LogP contribution in [-0.2, 0) is 0 Å². The summed E-state index contributed by atoms with van der Waals surface area (Å²) in [5, 5.41) is 13.9. The van der Waals surface area contributed by atoms with Crippen molar-refractivity contribution in [2.75, 3.05) is 6.54 Å². The molecule has 1 aliphatic carbocycles. The molecule has 1 fully saturated rings. The first-order valence-corrected chi connectivity index (χ1v) is 8.06. The van der Waals surface area contributed by atoms with Gasteiger partial charge in [0.2, 0.25) is 0 Å². The van der Waals surface area contributed by atoms with Crippen LogP contribution in [0.5, 0.6) is 0 Å². The van der Waals surface area contributed by atoms with E-state index in [4.69, 9.17) is 0 Å². The minimum atomic E-state index is -0.629. The Morgan fingerprint density at radius 3 is 2.57 bits per heavy atom. The SMILES string of the molecule is CC(=O)c1ccc(C(=O)NCCC2CCCCC2)cc1[N+](=O)[O-]. The summed E-state index contributed by atoms with van der Waals surface area (Å²) in [5.41, 5.74) is -0.0865. The number of carbonyl (C=O) groups excluding carboxylic acids is 2. The fraction of sp³-hybridized carbons (Fsp3) is 0.529. The summed E-state index contributed by atoms with van der Waals surface area (Å²) in [6.07, 6.45) is 7.20. The van der Waals surface area contributed by atoms with E-state index in [-0.39, 0.29) is 28.5 Å². The van der Waals surface area contributed by atoms with Crippen LogP contribution in [0.3, 0.4) is 0 Å². The molecule has 6 heteroatoms. The standard InChI is InChI=1S/C17H22N2O4/c1-12(20)15-8-7-14(11-16(15)19(22)23)17(21)18-10-9-13-5-3-2-4-6-13/h7-8,11,13H,2-6,9-10H2,1H3,(H,18,21). The van der Waals surface area contributed by atoms with Gasteiger partial charge in [-0.15, -0.1) is 0 Å². The number of Topliss-reactive ketones (excluding diaryl/α,β-unsaturated/α-hetero) is 1. The molecule has 6 nitrogen and oxygen atoms in total. The first-order valence-electron chi connectivity index (χ1n) is 8.06. The summed E-state index contributed by atoms with van der Waals surface area (Å²) in [7, 11) is 0. The lowest BCUT2D eigenvalue weighted by molar-refractivity contribution is -0.385. The number of nitro benzene ring substituents is 1. The zero-order chi connectivity index (χ0) is 16.8. The van der Waals surface area contributed by atoms with Crippen molar-refractivity contribution in [2.24, 2.45) is 5.92 Å². The molecule has 1 N–H and O–H groups in total. The molecule has 0 radical (unpaired) electrons. The van der Waals surface area contributed by atoms with Crippen LogP contribution in [0.2, 0.25) is 0 Å². The maximum atomic E-state index is 12.1. The Balaban J connectivity index is 1.97. The Morgan fingerprint density at radius 2 is 1.96 bits per heavy atom. The molecule has 0 saturated heterocycles. The quantitative estimate of drug-likeness (QED) is 0.494. The number of amides is 1. The van der Waals surface area contributed by atoms with Crippen LogP contribution in [0.1, 0.15) is 66.2 Å². The van der Waals surface area contributed by atoms with Gasteiger partial charge in [0.1, 0.15) is 0 Å². The van der Waals surface area contributed by atoms with E-state index in [0.717, 1.165) is 6.42 Å². The summed E-state index contributed by atoms with van der Waals surface area (Å²) in [5.74, 6) is -0.0570. The van der Waals surface area contributed by atoms with Crippen molar-refractivity contribution in [2.45, 2.75) is 45.4 Å². The summed E-state index contributed by atoms with van der Waals surface area (Å²) >= 11 is 0. The molecule has 0 bridgehead atoms. The molecular weight excluding hydrogens is 296 g/mol. The van der Waals surface area contributed by atoms with Crippen LogP contribution in [0, 0.1) is 16.0 Å². The predicted octanol–water partition coefficient (Wildman–Crippen LogP) is 3.50. The van der Waals surface area contributed by atoms with Gasteiger partial charge in [0, 0.05) is 18.2 Å². The summed E-state index contributed by atoms with van der Waals surface area (Å²) < 4.78 is 0. The fourth-order valence-corrected chi connectivity index (χ4v) is 3.09. The average Bonchev–Trinajstić information content (AvgIpc) is 2.55. The van der Waals surface area contributed by atoms with Crippen molar-refractivity contribution >= 4 is 17.4 Å². The Kier molecular flexibility index (Phi) is 5.84. The summed E-state index contributed by atoms with van der Waals surface area (Å²) in [6, 6.07) is 3.98. The molecule has 1 saturated carbocycles. The van der Waals surface area contributed by atoms with Crippen molar-refractivity contribution in [3.8, 4) is 0 Å². The van der Waals surface area contributed by atoms with E-state index in [9.17, 15) is 19.7 Å². The number of nitrogens with one attached hydrogen (secondary N) is 1. The monoisotopic (exact) mass is 318 g/mol. The third-order valence-electron chi connectivity index (χ3n) is 4.40. The first-order chi connectivity index (χ1) is 11.0. The molecule has 1 aromatic carbocycles. The lowest BCUT2D eigenvalue weighted by Gasteiger charge is -2.21. The third kappa shape index (κ3) is 4.61. The van der Waals surface area contributed by atoms with E-state index in [2.05, 4.69) is 5.32 Å². The summed E-state index contributed by atoms with van der Waals surface area (Å²) in [4.78, 5) is 33.9. The number of nitro groups is 1. The Morgan fingerprint density at radius 1 is 1.26 bits per heavy atom. The smallest absolute Gasteiger partial charge is 0.280 e. The maximum absolute atomic E-state index is 12.1. The molecule has 2 rings (SSSR count). The number of hydrogen-bond acceptors (Lipinski definition) is 4. The Labute approximate surface area is 135 Å². The van der Waals surface area contributed by atoms with E-state index >= 15 is 0 Å². The van der Waals surface area contributed by atoms with Crippen LogP contribution in [0.15, 0.2) is 18.2 Å². The van der Waals surface area contributed by atoms with E-state index in [1.807, 2.05) is 0 Å². The van der Waals surface area contributed by atoms with Crippen LogP contribution >= 0.6 is 0 Å². The number of hydrogen-bond donors (Lipinski definition) is 1. The molecule has 0 aliphatic heterocycles. The van der Waals surface area contributed by atoms with Gasteiger partial charge in [0.25, 0.3) is 11.6 Å². The molecule has 1 aromatic rings. The van der Waals surface area contributed by atoms with E-state index in [1.165, 1.54) is 57.2 Å². The highest BCUT2D eigenvalue weighted by molar-refractivity contribution is 6.01. The fourth-order valence-electron chi connectivity index (χ4n) is 3.09. The minimum Gasteiger partial charge on any atom is -0.352 e. The first kappa shape index (κ1) is 17.1. The number of nitrogens with zero attached hydrogens (tertiary/aromatic N) is 1. The normalized spacial score (nSPS) is 15.2. The largest absolute Gasteiger partial charge is 0.352 e. The van der Waals surface area contributed by atoms with Crippen molar-refractivity contribution < 1.29 is 14.5 Å². The Hall–Kier alpha value is -2.24. The zero-order valence-electron chi connectivity index (χ0n) is 13.3. The molecule has 1 amide bonds. The molecule has 0 spiro atoms. The van der Waals surface area contributed by atoms with Gasteiger partial charge in [-0.05, 0) is 31.4 Å². The average molecular weight is 318 g/mol. The van der Waals surface area contributed by atoms with E-state index in [0.29, 0.717) is 12.5 Å². The second kappa shape index (κ2) is 7.85. The molecule has 0 aromatic heterocycles. The van der Waals surface area contributed by atoms with Gasteiger partial charge in [0.15, 0.2) is 5.78 Å². The van der Waals surface area contributed by atoms with Gasteiger partial charge in [0.05, 0.1) is 10.5 Å². The molecule has 124 valence electrons. The third-order valence-corrected chi connectivity index (χ3v) is 4.40. The van der Waals surface area contributed by atoms with Crippen molar-refractivity contribution in [1.82, 2.24) is 5.32 Å². The van der Waals surface area contributed by atoms with Crippen LogP contribution < -0.4 is 5.32 Å². The molecule has 0 unspecified atom stereocenters. The van der Waals surface area contributed by atoms with E-state index < -0.39 is 4.92 Å².